The monoisotopic (exact) mass is 392 g/mol. The molecule has 1 aromatic heterocycles. The second kappa shape index (κ2) is 7.91. The van der Waals surface area contributed by atoms with Gasteiger partial charge in [0.25, 0.3) is 0 Å². The number of anilines is 1. The van der Waals surface area contributed by atoms with Gasteiger partial charge in [-0.3, -0.25) is 9.36 Å². The van der Waals surface area contributed by atoms with Crippen LogP contribution < -0.4 is 5.32 Å². The summed E-state index contributed by atoms with van der Waals surface area (Å²) in [6.45, 7) is 1.79. The van der Waals surface area contributed by atoms with E-state index in [9.17, 15) is 4.79 Å². The Morgan fingerprint density at radius 2 is 1.96 bits per heavy atom. The van der Waals surface area contributed by atoms with Crippen LogP contribution in [0.3, 0.4) is 0 Å². The lowest BCUT2D eigenvalue weighted by Gasteiger charge is -2.13. The molecular formula is C17H14Cl2N4OS. The van der Waals surface area contributed by atoms with Gasteiger partial charge < -0.3 is 5.32 Å². The van der Waals surface area contributed by atoms with Gasteiger partial charge in [0.1, 0.15) is 6.33 Å². The number of nitrogens with zero attached hydrogens (tertiary/aromatic N) is 3. The SMILES string of the molecule is CC(Sc1nncn1-c1ccccc1)C(=O)Nc1cc(Cl)ccc1Cl. The van der Waals surface area contributed by atoms with Gasteiger partial charge in [0, 0.05) is 10.7 Å². The number of aromatic nitrogens is 3. The summed E-state index contributed by atoms with van der Waals surface area (Å²) in [6.07, 6.45) is 1.62. The predicted octanol–water partition coefficient (Wildman–Crippen LogP) is 4.69. The average molecular weight is 393 g/mol. The number of benzene rings is 2. The van der Waals surface area contributed by atoms with E-state index >= 15 is 0 Å². The Balaban J connectivity index is 1.73. The zero-order valence-corrected chi connectivity index (χ0v) is 15.5. The summed E-state index contributed by atoms with van der Waals surface area (Å²) < 4.78 is 1.83. The third-order valence-electron chi connectivity index (χ3n) is 3.39. The molecule has 0 spiro atoms. The standard InChI is InChI=1S/C17H14Cl2N4OS/c1-11(16(24)21-15-9-12(18)7-8-14(15)19)25-17-22-20-10-23(17)13-5-3-2-4-6-13/h2-11H,1H3,(H,21,24). The number of para-hydroxylation sites is 1. The molecule has 3 rings (SSSR count). The Bertz CT molecular complexity index is 885. The molecule has 0 aliphatic rings. The molecule has 0 fully saturated rings. The smallest absolute Gasteiger partial charge is 0.237 e. The summed E-state index contributed by atoms with van der Waals surface area (Å²) in [6, 6.07) is 14.6. The predicted molar refractivity (Wildman–Crippen MR) is 102 cm³/mol. The van der Waals surface area contributed by atoms with E-state index in [0.29, 0.717) is 20.9 Å². The van der Waals surface area contributed by atoms with E-state index < -0.39 is 5.25 Å². The fourth-order valence-electron chi connectivity index (χ4n) is 2.11. The summed E-state index contributed by atoms with van der Waals surface area (Å²) >= 11 is 13.3. The third kappa shape index (κ3) is 4.34. The summed E-state index contributed by atoms with van der Waals surface area (Å²) in [5.41, 5.74) is 1.41. The summed E-state index contributed by atoms with van der Waals surface area (Å²) in [7, 11) is 0. The Morgan fingerprint density at radius 1 is 1.20 bits per heavy atom. The van der Waals surface area contributed by atoms with Crippen molar-refractivity contribution in [2.75, 3.05) is 5.32 Å². The molecule has 0 radical (unpaired) electrons. The van der Waals surface area contributed by atoms with Gasteiger partial charge in [0.05, 0.1) is 16.0 Å². The molecule has 1 atom stereocenters. The molecular weight excluding hydrogens is 379 g/mol. The Hall–Kier alpha value is -2.02. The summed E-state index contributed by atoms with van der Waals surface area (Å²) in [5, 5.41) is 12.0. The van der Waals surface area contributed by atoms with Gasteiger partial charge in [0.15, 0.2) is 5.16 Å². The molecule has 0 saturated carbocycles. The Labute approximate surface area is 159 Å². The van der Waals surface area contributed by atoms with Crippen LogP contribution in [0, 0.1) is 0 Å². The van der Waals surface area contributed by atoms with Gasteiger partial charge in [-0.15, -0.1) is 10.2 Å². The quantitative estimate of drug-likeness (QED) is 0.639. The molecule has 8 heteroatoms. The number of carbonyl (C=O) groups is 1. The molecule has 0 aliphatic carbocycles. The van der Waals surface area contributed by atoms with Crippen molar-refractivity contribution in [3.63, 3.8) is 0 Å². The van der Waals surface area contributed by atoms with Crippen molar-refractivity contribution in [2.45, 2.75) is 17.3 Å². The van der Waals surface area contributed by atoms with Gasteiger partial charge in [-0.25, -0.2) is 0 Å². The highest BCUT2D eigenvalue weighted by Gasteiger charge is 2.19. The number of thioether (sulfide) groups is 1. The minimum Gasteiger partial charge on any atom is -0.324 e. The second-order valence-corrected chi connectivity index (χ2v) is 7.34. The molecule has 128 valence electrons. The first kappa shape index (κ1) is 17.8. The fourth-order valence-corrected chi connectivity index (χ4v) is 3.29. The van der Waals surface area contributed by atoms with Crippen molar-refractivity contribution < 1.29 is 4.79 Å². The molecule has 1 amide bonds. The highest BCUT2D eigenvalue weighted by atomic mass is 35.5. The van der Waals surface area contributed by atoms with Crippen LogP contribution in [-0.4, -0.2) is 25.9 Å². The van der Waals surface area contributed by atoms with Crippen molar-refractivity contribution in [3.05, 3.63) is 64.9 Å². The number of amides is 1. The van der Waals surface area contributed by atoms with E-state index in [2.05, 4.69) is 15.5 Å². The zero-order chi connectivity index (χ0) is 17.8. The number of rotatable bonds is 5. The van der Waals surface area contributed by atoms with Crippen molar-refractivity contribution in [1.29, 1.82) is 0 Å². The van der Waals surface area contributed by atoms with Crippen LogP contribution in [0.5, 0.6) is 0 Å². The molecule has 1 heterocycles. The van der Waals surface area contributed by atoms with Crippen LogP contribution in [0.25, 0.3) is 5.69 Å². The Morgan fingerprint density at radius 3 is 2.72 bits per heavy atom. The van der Waals surface area contributed by atoms with E-state index in [1.807, 2.05) is 34.9 Å². The molecule has 0 saturated heterocycles. The maximum absolute atomic E-state index is 12.5. The highest BCUT2D eigenvalue weighted by Crippen LogP contribution is 2.28. The number of halogens is 2. The van der Waals surface area contributed by atoms with Crippen LogP contribution in [0.15, 0.2) is 60.0 Å². The third-order valence-corrected chi connectivity index (χ3v) is 5.01. The first-order valence-corrected chi connectivity index (χ1v) is 9.06. The Kier molecular flexibility index (Phi) is 5.63. The second-order valence-electron chi connectivity index (χ2n) is 5.19. The fraction of sp³-hybridized carbons (Fsp3) is 0.118. The van der Waals surface area contributed by atoms with Crippen LogP contribution >= 0.6 is 35.0 Å². The zero-order valence-electron chi connectivity index (χ0n) is 13.2. The van der Waals surface area contributed by atoms with Crippen molar-refractivity contribution in [2.24, 2.45) is 0 Å². The number of hydrogen-bond acceptors (Lipinski definition) is 4. The maximum Gasteiger partial charge on any atom is 0.237 e. The van der Waals surface area contributed by atoms with Crippen LogP contribution in [-0.2, 0) is 4.79 Å². The van der Waals surface area contributed by atoms with E-state index in [0.717, 1.165) is 5.69 Å². The molecule has 1 N–H and O–H groups in total. The summed E-state index contributed by atoms with van der Waals surface area (Å²) in [5.74, 6) is -0.197. The molecule has 25 heavy (non-hydrogen) atoms. The first-order valence-electron chi connectivity index (χ1n) is 7.42. The lowest BCUT2D eigenvalue weighted by atomic mass is 10.3. The lowest BCUT2D eigenvalue weighted by molar-refractivity contribution is -0.115. The van der Waals surface area contributed by atoms with Crippen molar-refractivity contribution in [1.82, 2.24) is 14.8 Å². The lowest BCUT2D eigenvalue weighted by Crippen LogP contribution is -2.23. The van der Waals surface area contributed by atoms with E-state index in [-0.39, 0.29) is 5.91 Å². The summed E-state index contributed by atoms with van der Waals surface area (Å²) in [4.78, 5) is 12.5. The number of hydrogen-bond donors (Lipinski definition) is 1. The topological polar surface area (TPSA) is 59.8 Å². The van der Waals surface area contributed by atoms with Gasteiger partial charge in [-0.2, -0.15) is 0 Å². The van der Waals surface area contributed by atoms with E-state index in [4.69, 9.17) is 23.2 Å². The van der Waals surface area contributed by atoms with Crippen LogP contribution in [0.2, 0.25) is 10.0 Å². The largest absolute Gasteiger partial charge is 0.324 e. The average Bonchev–Trinajstić information content (AvgIpc) is 3.07. The molecule has 5 nitrogen and oxygen atoms in total. The highest BCUT2D eigenvalue weighted by molar-refractivity contribution is 8.00. The van der Waals surface area contributed by atoms with Gasteiger partial charge in [-0.05, 0) is 37.3 Å². The normalized spacial score (nSPS) is 12.0. The van der Waals surface area contributed by atoms with Crippen molar-refractivity contribution >= 4 is 46.6 Å². The number of nitrogens with one attached hydrogen (secondary N) is 1. The molecule has 2 aromatic carbocycles. The van der Waals surface area contributed by atoms with E-state index in [1.165, 1.54) is 11.8 Å². The van der Waals surface area contributed by atoms with Gasteiger partial charge >= 0.3 is 0 Å². The minimum atomic E-state index is -0.401. The van der Waals surface area contributed by atoms with Crippen molar-refractivity contribution in [3.8, 4) is 5.69 Å². The van der Waals surface area contributed by atoms with E-state index in [1.54, 1.807) is 31.5 Å². The maximum atomic E-state index is 12.5. The van der Waals surface area contributed by atoms with Crippen LogP contribution in [0.1, 0.15) is 6.92 Å². The number of carbonyl (C=O) groups excluding carboxylic acids is 1. The van der Waals surface area contributed by atoms with Gasteiger partial charge in [-0.1, -0.05) is 53.2 Å². The molecule has 1 unspecified atom stereocenters. The van der Waals surface area contributed by atoms with Gasteiger partial charge in [0.2, 0.25) is 5.91 Å². The minimum absolute atomic E-state index is 0.197. The van der Waals surface area contributed by atoms with Crippen LogP contribution in [0.4, 0.5) is 5.69 Å². The molecule has 0 bridgehead atoms. The molecule has 3 aromatic rings. The molecule has 0 aliphatic heterocycles. The first-order chi connectivity index (χ1) is 12.0.